The number of hydrogen-bond acceptors (Lipinski definition) is 2. The molecule has 0 bridgehead atoms. The van der Waals surface area contributed by atoms with Gasteiger partial charge in [-0.25, -0.2) is 0 Å². The Morgan fingerprint density at radius 2 is 1.56 bits per heavy atom. The van der Waals surface area contributed by atoms with Crippen LogP contribution in [-0.2, 0) is 40.6 Å². The van der Waals surface area contributed by atoms with Crippen molar-refractivity contribution in [2.75, 3.05) is 0 Å². The minimum Gasteiger partial charge on any atom is 0 e. The smallest absolute Gasteiger partial charge is 0 e. The van der Waals surface area contributed by atoms with E-state index >= 15 is 0 Å². The van der Waals surface area contributed by atoms with Gasteiger partial charge in [-0.05, 0) is 19.8 Å². The summed E-state index contributed by atoms with van der Waals surface area (Å²) in [5.41, 5.74) is 0. The molecule has 1 atom stereocenters. The molecular formula is C10H10FeO5-. The Bertz CT molecular complexity index is 150. The first-order chi connectivity index (χ1) is 7.31. The van der Waals surface area contributed by atoms with Crippen molar-refractivity contribution in [3.8, 4) is 0 Å². The standard InChI is InChI=1S/C7H10O2.3CO.Fe/c1-3-4-5-7(2)9-6-8;3*1-2;/h3-5,7H,1-2H3;;;;/q-1;;;;/t7-;;;;/m1..../s1. The van der Waals surface area contributed by atoms with E-state index in [0.29, 0.717) is 0 Å². The molecule has 0 aliphatic heterocycles. The van der Waals surface area contributed by atoms with Crippen LogP contribution in [0.3, 0.4) is 0 Å². The van der Waals surface area contributed by atoms with Gasteiger partial charge in [-0.1, -0.05) is 13.4 Å². The van der Waals surface area contributed by atoms with E-state index in [4.69, 9.17) is 14.0 Å². The number of unbranched alkanes of at least 4 members (excludes halogenated alkanes) is 1. The van der Waals surface area contributed by atoms with Crippen LogP contribution in [0.2, 0.25) is 0 Å². The third kappa shape index (κ3) is 51.1. The molecule has 0 aromatic heterocycles. The van der Waals surface area contributed by atoms with Crippen LogP contribution in [0.25, 0.3) is 0 Å². The van der Waals surface area contributed by atoms with Gasteiger partial charge in [-0.2, -0.15) is 0 Å². The summed E-state index contributed by atoms with van der Waals surface area (Å²) in [7, 11) is 0. The van der Waals surface area contributed by atoms with Crippen LogP contribution in [0.5, 0.6) is 0 Å². The molecule has 0 amide bonds. The van der Waals surface area contributed by atoms with E-state index in [1.54, 1.807) is 13.3 Å². The normalized spacial score (nSPS) is 7.50. The van der Waals surface area contributed by atoms with Crippen molar-refractivity contribution in [3.05, 3.63) is 39.2 Å². The maximum atomic E-state index is 9.59. The monoisotopic (exact) mass is 266 g/mol. The van der Waals surface area contributed by atoms with Gasteiger partial charge < -0.3 is 9.53 Å². The Balaban J connectivity index is -0.0000000498. The van der Waals surface area contributed by atoms with E-state index in [1.807, 2.05) is 19.8 Å². The van der Waals surface area contributed by atoms with Crippen LogP contribution in [0.15, 0.2) is 0 Å². The van der Waals surface area contributed by atoms with Crippen molar-refractivity contribution < 1.29 is 40.6 Å². The molecule has 89 valence electrons. The van der Waals surface area contributed by atoms with Gasteiger partial charge >= 0.3 is 33.9 Å². The third-order valence-electron chi connectivity index (χ3n) is 0.809. The molecule has 0 saturated heterocycles. The van der Waals surface area contributed by atoms with Crippen LogP contribution >= 0.6 is 0 Å². The Morgan fingerprint density at radius 3 is 1.81 bits per heavy atom. The van der Waals surface area contributed by atoms with Crippen molar-refractivity contribution in [1.82, 2.24) is 0 Å². The van der Waals surface area contributed by atoms with Crippen LogP contribution < -0.4 is 0 Å². The molecule has 6 heteroatoms. The molecular weight excluding hydrogens is 256 g/mol. The summed E-state index contributed by atoms with van der Waals surface area (Å²) in [5.74, 6) is 0. The second kappa shape index (κ2) is 47.7. The van der Waals surface area contributed by atoms with Gasteiger partial charge in [-0.15, -0.1) is 0 Å². The van der Waals surface area contributed by atoms with Crippen molar-refractivity contribution in [2.45, 2.75) is 20.0 Å². The van der Waals surface area contributed by atoms with Gasteiger partial charge in [0.25, 0.3) is 0 Å². The summed E-state index contributed by atoms with van der Waals surface area (Å²) in [6.07, 6.45) is 5.29. The van der Waals surface area contributed by atoms with Crippen molar-refractivity contribution in [1.29, 1.82) is 0 Å². The molecule has 16 heavy (non-hydrogen) atoms. The third-order valence-corrected chi connectivity index (χ3v) is 0.809. The van der Waals surface area contributed by atoms with E-state index in [-0.39, 0.29) is 23.2 Å². The van der Waals surface area contributed by atoms with Gasteiger partial charge in [0, 0.05) is 23.5 Å². The predicted octanol–water partition coefficient (Wildman–Crippen LogP) is 0.976. The fourth-order valence-electron chi connectivity index (χ4n) is 0.383. The molecule has 0 fully saturated rings. The first-order valence-corrected chi connectivity index (χ1v) is 3.41. The van der Waals surface area contributed by atoms with Crippen LogP contribution in [-0.4, -0.2) is 12.6 Å². The summed E-state index contributed by atoms with van der Waals surface area (Å²) in [6, 6.07) is 0. The van der Waals surface area contributed by atoms with E-state index < -0.39 is 0 Å². The van der Waals surface area contributed by atoms with E-state index in [0.717, 1.165) is 0 Å². The van der Waals surface area contributed by atoms with Crippen LogP contribution in [0, 0.1) is 39.2 Å². The molecule has 0 aliphatic rings. The molecule has 0 heterocycles. The molecule has 0 aliphatic carbocycles. The zero-order chi connectivity index (χ0) is 13.1. The Labute approximate surface area is 107 Å². The summed E-state index contributed by atoms with van der Waals surface area (Å²) in [4.78, 5) is 9.59. The second-order valence-electron chi connectivity index (χ2n) is 1.62. The largest absolute Gasteiger partial charge is 0 e. The minimum atomic E-state index is -0.168. The molecule has 5 nitrogen and oxygen atoms in total. The molecule has 3 radical (unpaired) electrons. The number of rotatable bonds is 5. The van der Waals surface area contributed by atoms with E-state index in [1.165, 1.54) is 6.47 Å². The van der Waals surface area contributed by atoms with Gasteiger partial charge in [0.2, 0.25) is 0 Å². The van der Waals surface area contributed by atoms with Crippen LogP contribution in [0.4, 0.5) is 0 Å². The SMILES string of the molecule is C[CH][CH][CH][C@@H](C)O[C-]=O.[C-]#[O+].[C-]#[O+].[C-]#[O+].[Fe]. The first kappa shape index (κ1) is 29.5. The predicted molar refractivity (Wildman–Crippen MR) is 46.6 cm³/mol. The quantitative estimate of drug-likeness (QED) is 0.422. The summed E-state index contributed by atoms with van der Waals surface area (Å²) < 4.78 is 26.9. The van der Waals surface area contributed by atoms with E-state index in [2.05, 4.69) is 24.7 Å². The average molecular weight is 266 g/mol. The van der Waals surface area contributed by atoms with Gasteiger partial charge in [-0.3, -0.25) is 0 Å². The van der Waals surface area contributed by atoms with Gasteiger partial charge in [0.15, 0.2) is 0 Å². The first-order valence-electron chi connectivity index (χ1n) is 3.41. The fourth-order valence-corrected chi connectivity index (χ4v) is 0.383. The summed E-state index contributed by atoms with van der Waals surface area (Å²) in [5, 5.41) is 0. The van der Waals surface area contributed by atoms with Gasteiger partial charge in [0.1, 0.15) is 0 Å². The topological polar surface area (TPSA) is 86.0 Å². The number of hydrogen-bond donors (Lipinski definition) is 0. The fraction of sp³-hybridized carbons (Fsp3) is 0.300. The van der Waals surface area contributed by atoms with Crippen molar-refractivity contribution >= 4 is 6.47 Å². The Kier molecular flexibility index (Phi) is 87.8. The molecule has 0 saturated carbocycles. The summed E-state index contributed by atoms with van der Waals surface area (Å²) >= 11 is 0. The Hall–Kier alpha value is -0.791. The molecule has 0 spiro atoms. The maximum Gasteiger partial charge on any atom is 0 e. The second-order valence-corrected chi connectivity index (χ2v) is 1.62. The average Bonchev–Trinajstić information content (AvgIpc) is 2.34. The molecule has 0 unspecified atom stereocenters. The van der Waals surface area contributed by atoms with Crippen molar-refractivity contribution in [3.63, 3.8) is 0 Å². The summed E-state index contributed by atoms with van der Waals surface area (Å²) in [6.45, 7) is 18.5. The molecule has 0 aromatic rings. The van der Waals surface area contributed by atoms with Gasteiger partial charge in [0.05, 0.1) is 6.10 Å². The minimum absolute atomic E-state index is 0. The number of carbonyl (C=O) groups excluding carboxylic acids is 1. The van der Waals surface area contributed by atoms with Crippen LogP contribution in [0.1, 0.15) is 13.8 Å². The van der Waals surface area contributed by atoms with E-state index in [9.17, 15) is 4.79 Å². The number of ether oxygens (including phenoxy) is 1. The molecule has 0 N–H and O–H groups in total. The van der Waals surface area contributed by atoms with Crippen molar-refractivity contribution in [2.24, 2.45) is 0 Å². The molecule has 0 rings (SSSR count). The maximum absolute atomic E-state index is 9.59. The molecule has 0 aromatic carbocycles. The zero-order valence-corrected chi connectivity index (χ0v) is 9.81. The zero-order valence-electron chi connectivity index (χ0n) is 8.70. The Morgan fingerprint density at radius 1 is 1.19 bits per heavy atom.